The quantitative estimate of drug-likeness (QED) is 0.646. The number of carbonyl (C=O) groups excluding carboxylic acids is 1. The van der Waals surface area contributed by atoms with E-state index in [9.17, 15) is 13.2 Å². The van der Waals surface area contributed by atoms with Crippen LogP contribution in [0.5, 0.6) is 0 Å². The molecule has 0 N–H and O–H groups in total. The van der Waals surface area contributed by atoms with Gasteiger partial charge < -0.3 is 9.80 Å². The van der Waals surface area contributed by atoms with Crippen LogP contribution in [0.1, 0.15) is 35.7 Å². The molecule has 0 fully saturated rings. The highest BCUT2D eigenvalue weighted by Gasteiger charge is 2.29. The van der Waals surface area contributed by atoms with Crippen molar-refractivity contribution in [1.82, 2.24) is 9.80 Å². The lowest BCUT2D eigenvalue weighted by Gasteiger charge is -2.30. The lowest BCUT2D eigenvalue weighted by atomic mass is 10.0. The average Bonchev–Trinajstić information content (AvgIpc) is 2.75. The molecule has 0 aliphatic carbocycles. The number of benzene rings is 2. The number of amides is 1. The summed E-state index contributed by atoms with van der Waals surface area (Å²) in [7, 11) is 0.200. The summed E-state index contributed by atoms with van der Waals surface area (Å²) in [5.74, 6) is -0.130. The summed E-state index contributed by atoms with van der Waals surface area (Å²) in [4.78, 5) is 17.1. The van der Waals surface area contributed by atoms with Crippen molar-refractivity contribution < 1.29 is 13.2 Å². The van der Waals surface area contributed by atoms with Gasteiger partial charge in [-0.3, -0.25) is 9.10 Å². The number of para-hydroxylation sites is 1. The van der Waals surface area contributed by atoms with Gasteiger partial charge in [0.05, 0.1) is 10.6 Å². The minimum Gasteiger partial charge on any atom is -0.337 e. The summed E-state index contributed by atoms with van der Waals surface area (Å²) in [6.45, 7) is 4.49. The fraction of sp³-hybridized carbons (Fsp3) is 0.435. The highest BCUT2D eigenvalue weighted by atomic mass is 32.2. The molecule has 0 bridgehead atoms. The molecule has 6 nitrogen and oxygen atoms in total. The first-order valence-electron chi connectivity index (χ1n) is 10.5. The largest absolute Gasteiger partial charge is 0.337 e. The molecule has 1 amide bonds. The van der Waals surface area contributed by atoms with E-state index in [0.29, 0.717) is 25.2 Å². The number of fused-ring (bicyclic) bond motifs is 1. The van der Waals surface area contributed by atoms with Gasteiger partial charge in [0, 0.05) is 31.7 Å². The van der Waals surface area contributed by atoms with E-state index < -0.39 is 10.0 Å². The van der Waals surface area contributed by atoms with E-state index in [4.69, 9.17) is 0 Å². The Morgan fingerprint density at radius 3 is 2.53 bits per heavy atom. The molecule has 7 heteroatoms. The predicted octanol–water partition coefficient (Wildman–Crippen LogP) is 3.24. The normalized spacial score (nSPS) is 13.9. The highest BCUT2D eigenvalue weighted by molar-refractivity contribution is 7.92. The molecule has 0 aromatic heterocycles. The van der Waals surface area contributed by atoms with Crippen molar-refractivity contribution in [2.24, 2.45) is 0 Å². The number of hydrogen-bond donors (Lipinski definition) is 0. The van der Waals surface area contributed by atoms with Gasteiger partial charge >= 0.3 is 0 Å². The van der Waals surface area contributed by atoms with Crippen LogP contribution in [0.25, 0.3) is 0 Å². The minimum absolute atomic E-state index is 0.130. The van der Waals surface area contributed by atoms with Crippen molar-refractivity contribution in [3.8, 4) is 0 Å². The standard InChI is InChI=1S/C23H31N3O3S/c1-4-14-25(17-16-24(2)3)23(27)20-10-7-12-21(18-20)30(28,29)26-15-8-11-19-9-5-6-13-22(19)26/h5-7,9-10,12-13,18H,4,8,11,14-17H2,1-3H3. The van der Waals surface area contributed by atoms with Gasteiger partial charge in [0.1, 0.15) is 0 Å². The maximum atomic E-state index is 13.4. The van der Waals surface area contributed by atoms with E-state index in [-0.39, 0.29) is 10.8 Å². The Morgan fingerprint density at radius 1 is 1.03 bits per heavy atom. The van der Waals surface area contributed by atoms with Gasteiger partial charge in [-0.1, -0.05) is 31.2 Å². The number of likely N-dealkylation sites (N-methyl/N-ethyl adjacent to an activating group) is 1. The number of hydrogen-bond acceptors (Lipinski definition) is 4. The molecule has 2 aromatic rings. The molecule has 0 saturated carbocycles. The molecule has 0 atom stereocenters. The third-order valence-electron chi connectivity index (χ3n) is 5.33. The second-order valence-electron chi connectivity index (χ2n) is 7.93. The SMILES string of the molecule is CCCN(CCN(C)C)C(=O)c1cccc(S(=O)(=O)N2CCCc3ccccc32)c1. The van der Waals surface area contributed by atoms with Gasteiger partial charge in [0.25, 0.3) is 15.9 Å². The summed E-state index contributed by atoms with van der Waals surface area (Å²) in [5, 5.41) is 0. The second kappa shape index (κ2) is 9.62. The summed E-state index contributed by atoms with van der Waals surface area (Å²) >= 11 is 0. The molecule has 30 heavy (non-hydrogen) atoms. The van der Waals surface area contributed by atoms with Crippen molar-refractivity contribution in [1.29, 1.82) is 0 Å². The fourth-order valence-electron chi connectivity index (χ4n) is 3.75. The molecule has 1 aliphatic rings. The van der Waals surface area contributed by atoms with Crippen LogP contribution in [0.3, 0.4) is 0 Å². The second-order valence-corrected chi connectivity index (χ2v) is 9.80. The molecule has 0 saturated heterocycles. The molecule has 1 heterocycles. The van der Waals surface area contributed by atoms with Crippen molar-refractivity contribution in [3.63, 3.8) is 0 Å². The Bertz CT molecular complexity index is 989. The van der Waals surface area contributed by atoms with Gasteiger partial charge in [-0.05, 0) is 63.2 Å². The number of rotatable bonds is 8. The minimum atomic E-state index is -3.74. The molecule has 162 valence electrons. The summed E-state index contributed by atoms with van der Waals surface area (Å²) in [6, 6.07) is 14.1. The first-order valence-corrected chi connectivity index (χ1v) is 11.9. The smallest absolute Gasteiger partial charge is 0.264 e. The first-order chi connectivity index (χ1) is 14.3. The number of aryl methyl sites for hydroxylation is 1. The molecule has 1 aliphatic heterocycles. The summed E-state index contributed by atoms with van der Waals surface area (Å²) in [5.41, 5.74) is 2.19. The van der Waals surface area contributed by atoms with Crippen LogP contribution in [-0.2, 0) is 16.4 Å². The van der Waals surface area contributed by atoms with Crippen LogP contribution in [0, 0.1) is 0 Å². The average molecular weight is 430 g/mol. The highest BCUT2D eigenvalue weighted by Crippen LogP contribution is 2.32. The number of nitrogens with zero attached hydrogens (tertiary/aromatic N) is 3. The van der Waals surface area contributed by atoms with Gasteiger partial charge in [0.2, 0.25) is 0 Å². The Balaban J connectivity index is 1.90. The Morgan fingerprint density at radius 2 is 1.80 bits per heavy atom. The van der Waals surface area contributed by atoms with Gasteiger partial charge in [-0.2, -0.15) is 0 Å². The van der Waals surface area contributed by atoms with Crippen LogP contribution in [-0.4, -0.2) is 64.4 Å². The summed E-state index contributed by atoms with van der Waals surface area (Å²) in [6.07, 6.45) is 2.50. The van der Waals surface area contributed by atoms with E-state index in [1.165, 1.54) is 10.4 Å². The van der Waals surface area contributed by atoms with Crippen LogP contribution >= 0.6 is 0 Å². The summed E-state index contributed by atoms with van der Waals surface area (Å²) < 4.78 is 28.3. The third-order valence-corrected chi connectivity index (χ3v) is 7.14. The lowest BCUT2D eigenvalue weighted by Crippen LogP contribution is -2.37. The van der Waals surface area contributed by atoms with Crippen LogP contribution in [0.15, 0.2) is 53.4 Å². The van der Waals surface area contributed by atoms with E-state index in [0.717, 1.165) is 37.1 Å². The van der Waals surface area contributed by atoms with E-state index in [1.807, 2.05) is 50.2 Å². The maximum absolute atomic E-state index is 13.4. The third kappa shape index (κ3) is 4.84. The van der Waals surface area contributed by atoms with Crippen molar-refractivity contribution in [2.45, 2.75) is 31.1 Å². The van der Waals surface area contributed by atoms with Crippen LogP contribution in [0.4, 0.5) is 5.69 Å². The Kier molecular flexibility index (Phi) is 7.15. The zero-order chi connectivity index (χ0) is 21.7. The molecule has 0 unspecified atom stereocenters. The molecule has 0 spiro atoms. The monoisotopic (exact) mass is 429 g/mol. The van der Waals surface area contributed by atoms with E-state index in [1.54, 1.807) is 23.1 Å². The lowest BCUT2D eigenvalue weighted by molar-refractivity contribution is 0.0744. The van der Waals surface area contributed by atoms with Crippen LogP contribution in [0.2, 0.25) is 0 Å². The Hall–Kier alpha value is -2.38. The van der Waals surface area contributed by atoms with Gasteiger partial charge in [-0.25, -0.2) is 8.42 Å². The van der Waals surface area contributed by atoms with Gasteiger partial charge in [0.15, 0.2) is 0 Å². The van der Waals surface area contributed by atoms with Crippen molar-refractivity contribution in [2.75, 3.05) is 44.6 Å². The van der Waals surface area contributed by atoms with Gasteiger partial charge in [-0.15, -0.1) is 0 Å². The number of anilines is 1. The number of sulfonamides is 1. The zero-order valence-corrected chi connectivity index (χ0v) is 18.9. The van der Waals surface area contributed by atoms with Crippen molar-refractivity contribution >= 4 is 21.6 Å². The topological polar surface area (TPSA) is 60.9 Å². The molecular formula is C23H31N3O3S. The Labute approximate surface area is 180 Å². The fourth-order valence-corrected chi connectivity index (χ4v) is 5.34. The van der Waals surface area contributed by atoms with Crippen molar-refractivity contribution in [3.05, 3.63) is 59.7 Å². The maximum Gasteiger partial charge on any atom is 0.264 e. The predicted molar refractivity (Wildman–Crippen MR) is 120 cm³/mol. The molecule has 2 aromatic carbocycles. The molecule has 0 radical (unpaired) electrons. The van der Waals surface area contributed by atoms with Crippen LogP contribution < -0.4 is 4.31 Å². The van der Waals surface area contributed by atoms with E-state index in [2.05, 4.69) is 0 Å². The zero-order valence-electron chi connectivity index (χ0n) is 18.0. The molecule has 3 rings (SSSR count). The number of carbonyl (C=O) groups is 1. The first kappa shape index (κ1) is 22.3. The van der Waals surface area contributed by atoms with E-state index >= 15 is 0 Å². The molecular weight excluding hydrogens is 398 g/mol.